The lowest BCUT2D eigenvalue weighted by molar-refractivity contribution is -0.117. The quantitative estimate of drug-likeness (QED) is 0.818. The van der Waals surface area contributed by atoms with Crippen LogP contribution in [0.3, 0.4) is 0 Å². The van der Waals surface area contributed by atoms with Gasteiger partial charge in [-0.1, -0.05) is 43.0 Å². The molecular formula is C13H16N4OS. The molecule has 0 bridgehead atoms. The molecule has 5 nitrogen and oxygen atoms in total. The van der Waals surface area contributed by atoms with E-state index in [2.05, 4.69) is 34.2 Å². The molecule has 0 spiro atoms. The van der Waals surface area contributed by atoms with Crippen molar-refractivity contribution < 1.29 is 4.79 Å². The fourth-order valence-electron chi connectivity index (χ4n) is 1.54. The molecule has 0 fully saturated rings. The number of hydrogen-bond acceptors (Lipinski definition) is 4. The molecule has 1 heterocycles. The highest BCUT2D eigenvalue weighted by Crippen LogP contribution is 2.22. The summed E-state index contributed by atoms with van der Waals surface area (Å²) >= 11 is 1.25. The number of aromatic nitrogens is 3. The van der Waals surface area contributed by atoms with Crippen molar-refractivity contribution in [1.29, 1.82) is 0 Å². The van der Waals surface area contributed by atoms with Crippen LogP contribution in [0.5, 0.6) is 0 Å². The molecule has 1 amide bonds. The van der Waals surface area contributed by atoms with Crippen molar-refractivity contribution in [3.8, 4) is 11.4 Å². The average Bonchev–Trinajstić information content (AvgIpc) is 2.87. The smallest absolute Gasteiger partial charge is 0.230 e. The molecule has 0 radical (unpaired) electrons. The Balaban J connectivity index is 2.13. The number of benzene rings is 1. The van der Waals surface area contributed by atoms with Crippen LogP contribution >= 0.6 is 11.8 Å². The zero-order valence-electron chi connectivity index (χ0n) is 10.9. The second-order valence-corrected chi connectivity index (χ2v) is 5.49. The third-order valence-electron chi connectivity index (χ3n) is 2.78. The number of amides is 1. The van der Waals surface area contributed by atoms with Gasteiger partial charge in [0, 0.05) is 5.56 Å². The van der Waals surface area contributed by atoms with Crippen LogP contribution in [0.25, 0.3) is 11.4 Å². The fourth-order valence-corrected chi connectivity index (χ4v) is 2.22. The van der Waals surface area contributed by atoms with Gasteiger partial charge < -0.3 is 5.73 Å². The largest absolute Gasteiger partial charge is 0.369 e. The van der Waals surface area contributed by atoms with Gasteiger partial charge in [0.05, 0.1) is 5.25 Å². The number of primary amides is 1. The van der Waals surface area contributed by atoms with E-state index in [1.807, 2.05) is 12.1 Å². The van der Waals surface area contributed by atoms with Crippen LogP contribution in [0.15, 0.2) is 29.4 Å². The van der Waals surface area contributed by atoms with Crippen LogP contribution < -0.4 is 5.73 Å². The first-order valence-corrected chi connectivity index (χ1v) is 6.95. The van der Waals surface area contributed by atoms with Crippen LogP contribution in [0.2, 0.25) is 0 Å². The highest BCUT2D eigenvalue weighted by atomic mass is 32.2. The number of carbonyl (C=O) groups is 1. The van der Waals surface area contributed by atoms with Crippen molar-refractivity contribution in [3.63, 3.8) is 0 Å². The van der Waals surface area contributed by atoms with Crippen molar-refractivity contribution in [2.24, 2.45) is 5.73 Å². The van der Waals surface area contributed by atoms with E-state index in [1.165, 1.54) is 17.3 Å². The molecular weight excluding hydrogens is 260 g/mol. The normalized spacial score (nSPS) is 12.3. The van der Waals surface area contributed by atoms with E-state index in [0.717, 1.165) is 12.0 Å². The van der Waals surface area contributed by atoms with E-state index in [4.69, 9.17) is 5.73 Å². The Morgan fingerprint density at radius 1 is 1.42 bits per heavy atom. The van der Waals surface area contributed by atoms with E-state index in [1.54, 1.807) is 6.92 Å². The Morgan fingerprint density at radius 2 is 2.11 bits per heavy atom. The molecule has 19 heavy (non-hydrogen) atoms. The summed E-state index contributed by atoms with van der Waals surface area (Å²) in [6.07, 6.45) is 1.01. The lowest BCUT2D eigenvalue weighted by Crippen LogP contribution is -2.22. The minimum atomic E-state index is -0.372. The molecule has 0 saturated carbocycles. The Labute approximate surface area is 116 Å². The Morgan fingerprint density at radius 3 is 2.68 bits per heavy atom. The van der Waals surface area contributed by atoms with Crippen LogP contribution in [0, 0.1) is 0 Å². The van der Waals surface area contributed by atoms with Crippen LogP contribution in [0.4, 0.5) is 0 Å². The highest BCUT2D eigenvalue weighted by molar-refractivity contribution is 8.00. The molecule has 1 aromatic carbocycles. The van der Waals surface area contributed by atoms with Gasteiger partial charge in [0.2, 0.25) is 11.1 Å². The number of H-pyrrole nitrogens is 1. The number of nitrogens with zero attached hydrogens (tertiary/aromatic N) is 2. The zero-order chi connectivity index (χ0) is 13.8. The van der Waals surface area contributed by atoms with Crippen molar-refractivity contribution in [3.05, 3.63) is 29.8 Å². The van der Waals surface area contributed by atoms with Crippen LogP contribution in [-0.2, 0) is 11.2 Å². The summed E-state index contributed by atoms with van der Waals surface area (Å²) in [5, 5.41) is 7.13. The van der Waals surface area contributed by atoms with E-state index in [-0.39, 0.29) is 11.2 Å². The Hall–Kier alpha value is -1.82. The molecule has 0 aliphatic carbocycles. The number of aromatic amines is 1. The molecule has 100 valence electrons. The van der Waals surface area contributed by atoms with Gasteiger partial charge in [-0.2, -0.15) is 0 Å². The second kappa shape index (κ2) is 5.88. The first-order chi connectivity index (χ1) is 9.10. The molecule has 0 aliphatic rings. The van der Waals surface area contributed by atoms with Crippen molar-refractivity contribution >= 4 is 17.7 Å². The molecule has 1 aromatic heterocycles. The lowest BCUT2D eigenvalue weighted by Gasteiger charge is -2.01. The van der Waals surface area contributed by atoms with E-state index >= 15 is 0 Å². The molecule has 0 aliphatic heterocycles. The number of thioether (sulfide) groups is 1. The minimum absolute atomic E-state index is 0.342. The average molecular weight is 276 g/mol. The van der Waals surface area contributed by atoms with Crippen LogP contribution in [-0.4, -0.2) is 26.3 Å². The molecule has 2 rings (SSSR count). The van der Waals surface area contributed by atoms with Gasteiger partial charge in [0.25, 0.3) is 0 Å². The summed E-state index contributed by atoms with van der Waals surface area (Å²) in [4.78, 5) is 15.3. The van der Waals surface area contributed by atoms with Gasteiger partial charge in [-0.05, 0) is 18.9 Å². The highest BCUT2D eigenvalue weighted by Gasteiger charge is 2.14. The summed E-state index contributed by atoms with van der Waals surface area (Å²) in [7, 11) is 0. The second-order valence-electron chi connectivity index (χ2n) is 4.18. The number of nitrogens with two attached hydrogens (primary N) is 1. The third kappa shape index (κ3) is 3.35. The van der Waals surface area contributed by atoms with Gasteiger partial charge in [-0.25, -0.2) is 4.98 Å². The molecule has 3 N–H and O–H groups in total. The SMILES string of the molecule is CCc1ccc(-c2nc(S[C@@H](C)C(N)=O)n[nH]2)cc1. The maximum atomic E-state index is 11.0. The summed E-state index contributed by atoms with van der Waals surface area (Å²) in [6, 6.07) is 8.14. The maximum absolute atomic E-state index is 11.0. The summed E-state index contributed by atoms with van der Waals surface area (Å²) in [5.74, 6) is 0.325. The molecule has 1 atom stereocenters. The zero-order valence-corrected chi connectivity index (χ0v) is 11.7. The lowest BCUT2D eigenvalue weighted by atomic mass is 10.1. The number of hydrogen-bond donors (Lipinski definition) is 2. The number of nitrogens with one attached hydrogen (secondary N) is 1. The fraction of sp³-hybridized carbons (Fsp3) is 0.308. The van der Waals surface area contributed by atoms with Crippen molar-refractivity contribution in [2.45, 2.75) is 30.7 Å². The minimum Gasteiger partial charge on any atom is -0.369 e. The third-order valence-corrected chi connectivity index (χ3v) is 3.76. The molecule has 6 heteroatoms. The predicted molar refractivity (Wildman–Crippen MR) is 75.7 cm³/mol. The monoisotopic (exact) mass is 276 g/mol. The summed E-state index contributed by atoms with van der Waals surface area (Å²) < 4.78 is 0. The Kier molecular flexibility index (Phi) is 4.21. The number of rotatable bonds is 5. The number of carbonyl (C=O) groups excluding carboxylic acids is 1. The maximum Gasteiger partial charge on any atom is 0.230 e. The van der Waals surface area contributed by atoms with Gasteiger partial charge >= 0.3 is 0 Å². The van der Waals surface area contributed by atoms with Crippen LogP contribution in [0.1, 0.15) is 19.4 Å². The van der Waals surface area contributed by atoms with E-state index in [0.29, 0.717) is 11.0 Å². The van der Waals surface area contributed by atoms with Gasteiger partial charge in [0.1, 0.15) is 0 Å². The Bertz CT molecular complexity index is 564. The summed E-state index contributed by atoms with van der Waals surface area (Å²) in [6.45, 7) is 3.85. The predicted octanol–water partition coefficient (Wildman–Crippen LogP) is 2.00. The van der Waals surface area contributed by atoms with Gasteiger partial charge in [-0.15, -0.1) is 5.10 Å². The number of aryl methyl sites for hydroxylation is 1. The molecule has 0 unspecified atom stereocenters. The van der Waals surface area contributed by atoms with Crippen molar-refractivity contribution in [1.82, 2.24) is 15.2 Å². The van der Waals surface area contributed by atoms with Gasteiger partial charge in [0.15, 0.2) is 5.82 Å². The van der Waals surface area contributed by atoms with E-state index in [9.17, 15) is 4.79 Å². The molecule has 0 saturated heterocycles. The van der Waals surface area contributed by atoms with Gasteiger partial charge in [-0.3, -0.25) is 9.89 Å². The van der Waals surface area contributed by atoms with Crippen molar-refractivity contribution in [2.75, 3.05) is 0 Å². The first-order valence-electron chi connectivity index (χ1n) is 6.08. The standard InChI is InChI=1S/C13H16N4OS/c1-3-9-4-6-10(7-5-9)12-15-13(17-16-12)19-8(2)11(14)18/h4-8H,3H2,1-2H3,(H2,14,18)(H,15,16,17)/t8-/m0/s1. The topological polar surface area (TPSA) is 84.7 Å². The van der Waals surface area contributed by atoms with E-state index < -0.39 is 0 Å². The first kappa shape index (κ1) is 13.6. The summed E-state index contributed by atoms with van der Waals surface area (Å²) in [5.41, 5.74) is 7.46. The molecule has 2 aromatic rings.